The molecular weight excluding hydrogens is 340 g/mol. The Kier molecular flexibility index (Phi) is 4.64. The molecule has 1 N–H and O–H groups in total. The molecule has 1 aliphatic carbocycles. The predicted molar refractivity (Wildman–Crippen MR) is 113 cm³/mol. The Morgan fingerprint density at radius 3 is 2.69 bits per heavy atom. The molecule has 5 heteroatoms. The number of hydrogen-bond acceptors (Lipinski definition) is 3. The number of rotatable bonds is 2. The number of aryl methyl sites for hydroxylation is 2. The van der Waals surface area contributed by atoms with Crippen LogP contribution >= 0.6 is 12.2 Å². The summed E-state index contributed by atoms with van der Waals surface area (Å²) in [6.45, 7) is 7.88. The maximum absolute atomic E-state index is 5.62. The van der Waals surface area contributed by atoms with Gasteiger partial charge < -0.3 is 15.1 Å². The zero-order valence-corrected chi connectivity index (χ0v) is 16.1. The van der Waals surface area contributed by atoms with E-state index in [1.54, 1.807) is 0 Å². The second-order valence-electron chi connectivity index (χ2n) is 7.03. The van der Waals surface area contributed by atoms with Gasteiger partial charge in [0.05, 0.1) is 0 Å². The van der Waals surface area contributed by atoms with Gasteiger partial charge in [0.1, 0.15) is 5.82 Å². The van der Waals surface area contributed by atoms with Crippen molar-refractivity contribution in [2.45, 2.75) is 20.3 Å². The summed E-state index contributed by atoms with van der Waals surface area (Å²) in [5.74, 6) is 0.834. The van der Waals surface area contributed by atoms with Gasteiger partial charge in [-0.2, -0.15) is 0 Å². The monoisotopic (exact) mass is 364 g/mol. The second-order valence-corrected chi connectivity index (χ2v) is 7.42. The molecule has 1 aliphatic heterocycles. The molecule has 2 aliphatic rings. The van der Waals surface area contributed by atoms with Crippen molar-refractivity contribution in [1.82, 2.24) is 9.88 Å². The number of fused-ring (bicyclic) bond motifs is 1. The lowest BCUT2D eigenvalue weighted by atomic mass is 10.1. The van der Waals surface area contributed by atoms with Crippen LogP contribution in [0.4, 0.5) is 11.5 Å². The van der Waals surface area contributed by atoms with E-state index in [-0.39, 0.29) is 0 Å². The number of piperazine rings is 1. The molecule has 0 spiro atoms. The highest BCUT2D eigenvalue weighted by Crippen LogP contribution is 2.30. The Labute approximate surface area is 160 Å². The highest BCUT2D eigenvalue weighted by molar-refractivity contribution is 7.80. The minimum Gasteiger partial charge on any atom is -0.367 e. The normalized spacial score (nSPS) is 15.9. The maximum Gasteiger partial charge on any atom is 0.174 e. The zero-order chi connectivity index (χ0) is 18.1. The van der Waals surface area contributed by atoms with Crippen LogP contribution in [0.5, 0.6) is 0 Å². The third-order valence-electron chi connectivity index (χ3n) is 5.04. The fourth-order valence-corrected chi connectivity index (χ4v) is 4.08. The van der Waals surface area contributed by atoms with Crippen molar-refractivity contribution in [3.63, 3.8) is 0 Å². The van der Waals surface area contributed by atoms with Gasteiger partial charge >= 0.3 is 0 Å². The van der Waals surface area contributed by atoms with Gasteiger partial charge in [0.15, 0.2) is 5.11 Å². The molecule has 1 saturated heterocycles. The van der Waals surface area contributed by atoms with Crippen molar-refractivity contribution < 1.29 is 0 Å². The lowest BCUT2D eigenvalue weighted by Gasteiger charge is -2.38. The highest BCUT2D eigenvalue weighted by Gasteiger charge is 2.22. The summed E-state index contributed by atoms with van der Waals surface area (Å²) < 4.78 is 0. The van der Waals surface area contributed by atoms with Crippen LogP contribution < -0.4 is 10.2 Å². The van der Waals surface area contributed by atoms with Crippen LogP contribution in [0.2, 0.25) is 0 Å². The molecule has 4 rings (SSSR count). The van der Waals surface area contributed by atoms with E-state index in [4.69, 9.17) is 12.2 Å². The van der Waals surface area contributed by atoms with Gasteiger partial charge in [-0.15, -0.1) is 0 Å². The molecule has 0 amide bonds. The lowest BCUT2D eigenvalue weighted by molar-refractivity contribution is 0.390. The quantitative estimate of drug-likeness (QED) is 0.820. The molecule has 4 nitrogen and oxygen atoms in total. The van der Waals surface area contributed by atoms with Gasteiger partial charge in [-0.1, -0.05) is 24.3 Å². The number of allylic oxidation sites excluding steroid dienone is 1. The molecule has 1 aromatic carbocycles. The molecule has 26 heavy (non-hydrogen) atoms. The van der Waals surface area contributed by atoms with Gasteiger partial charge in [0.25, 0.3) is 0 Å². The van der Waals surface area contributed by atoms with Crippen LogP contribution in [0, 0.1) is 13.8 Å². The Bertz CT molecular complexity index is 846. The summed E-state index contributed by atoms with van der Waals surface area (Å²) in [4.78, 5) is 9.24. The SMILES string of the molecule is Cc1cc(C)nc(NC(=S)N2CCN(c3cccc4c3C=CC4)CC2)c1. The van der Waals surface area contributed by atoms with Crippen molar-refractivity contribution >= 4 is 34.9 Å². The zero-order valence-electron chi connectivity index (χ0n) is 15.3. The predicted octanol–water partition coefficient (Wildman–Crippen LogP) is 3.79. The number of thiocarbonyl (C=S) groups is 1. The van der Waals surface area contributed by atoms with E-state index in [1.165, 1.54) is 22.4 Å². The number of nitrogens with zero attached hydrogens (tertiary/aromatic N) is 3. The first-order valence-electron chi connectivity index (χ1n) is 9.15. The van der Waals surface area contributed by atoms with Crippen molar-refractivity contribution in [1.29, 1.82) is 0 Å². The summed E-state index contributed by atoms with van der Waals surface area (Å²) >= 11 is 5.62. The van der Waals surface area contributed by atoms with Crippen LogP contribution in [0.25, 0.3) is 6.08 Å². The third-order valence-corrected chi connectivity index (χ3v) is 5.40. The summed E-state index contributed by atoms with van der Waals surface area (Å²) in [7, 11) is 0. The Balaban J connectivity index is 1.40. The first-order valence-corrected chi connectivity index (χ1v) is 9.55. The van der Waals surface area contributed by atoms with Crippen molar-refractivity contribution in [2.24, 2.45) is 0 Å². The molecular formula is C21H24N4S. The first kappa shape index (κ1) is 17.0. The molecule has 0 saturated carbocycles. The van der Waals surface area contributed by atoms with Gasteiger partial charge in [0, 0.05) is 43.1 Å². The molecule has 0 bridgehead atoms. The van der Waals surface area contributed by atoms with Crippen molar-refractivity contribution in [3.8, 4) is 0 Å². The third kappa shape index (κ3) is 3.44. The minimum atomic E-state index is 0.764. The number of benzene rings is 1. The average Bonchev–Trinajstić information content (AvgIpc) is 3.09. The molecule has 134 valence electrons. The Morgan fingerprint density at radius 1 is 1.12 bits per heavy atom. The molecule has 2 aromatic rings. The summed E-state index contributed by atoms with van der Waals surface area (Å²) in [5, 5.41) is 4.07. The van der Waals surface area contributed by atoms with E-state index in [0.717, 1.165) is 49.2 Å². The topological polar surface area (TPSA) is 31.4 Å². The number of nitrogens with one attached hydrogen (secondary N) is 1. The molecule has 1 aromatic heterocycles. The summed E-state index contributed by atoms with van der Waals surface area (Å²) in [6, 6.07) is 10.7. The average molecular weight is 365 g/mol. The highest BCUT2D eigenvalue weighted by atomic mass is 32.1. The van der Waals surface area contributed by atoms with Gasteiger partial charge in [-0.25, -0.2) is 4.98 Å². The van der Waals surface area contributed by atoms with Crippen molar-refractivity contribution in [3.05, 3.63) is 58.8 Å². The second kappa shape index (κ2) is 7.08. The smallest absolute Gasteiger partial charge is 0.174 e. The standard InChI is InChI=1S/C21H24N4S/c1-15-13-16(2)22-20(14-15)23-21(26)25-11-9-24(10-12-25)19-8-4-6-17-5-3-7-18(17)19/h3-4,6-8,13-14H,5,9-12H2,1-2H3,(H,22,23,26). The fraction of sp³-hybridized carbons (Fsp3) is 0.333. The number of hydrogen-bond donors (Lipinski definition) is 1. The number of aromatic nitrogens is 1. The summed E-state index contributed by atoms with van der Waals surface area (Å²) in [6.07, 6.45) is 5.56. The first-order chi connectivity index (χ1) is 12.6. The Hall–Kier alpha value is -2.40. The lowest BCUT2D eigenvalue weighted by Crippen LogP contribution is -2.50. The minimum absolute atomic E-state index is 0.764. The molecule has 0 radical (unpaired) electrons. The van der Waals surface area contributed by atoms with E-state index < -0.39 is 0 Å². The Morgan fingerprint density at radius 2 is 1.92 bits per heavy atom. The van der Waals surface area contributed by atoms with Crippen molar-refractivity contribution in [2.75, 3.05) is 36.4 Å². The molecule has 0 unspecified atom stereocenters. The molecule has 0 atom stereocenters. The summed E-state index contributed by atoms with van der Waals surface area (Å²) in [5.41, 5.74) is 6.37. The molecule has 1 fully saturated rings. The number of anilines is 2. The van der Waals surface area contributed by atoms with E-state index in [0.29, 0.717) is 0 Å². The van der Waals surface area contributed by atoms with E-state index in [1.807, 2.05) is 13.0 Å². The van der Waals surface area contributed by atoms with Gasteiger partial charge in [0.2, 0.25) is 0 Å². The van der Waals surface area contributed by atoms with Crippen LogP contribution in [-0.2, 0) is 6.42 Å². The number of pyridine rings is 1. The fourth-order valence-electron chi connectivity index (χ4n) is 3.79. The van der Waals surface area contributed by atoms with Crippen LogP contribution in [0.15, 0.2) is 36.4 Å². The van der Waals surface area contributed by atoms with Gasteiger partial charge in [-0.3, -0.25) is 0 Å². The van der Waals surface area contributed by atoms with Crippen LogP contribution in [0.1, 0.15) is 22.4 Å². The largest absolute Gasteiger partial charge is 0.367 e. The van der Waals surface area contributed by atoms with E-state index in [9.17, 15) is 0 Å². The molecule has 2 heterocycles. The van der Waals surface area contributed by atoms with Gasteiger partial charge in [-0.05, 0) is 61.8 Å². The van der Waals surface area contributed by atoms with Crippen LogP contribution in [0.3, 0.4) is 0 Å². The van der Waals surface area contributed by atoms with E-state index in [2.05, 4.69) is 63.4 Å². The maximum atomic E-state index is 5.62. The van der Waals surface area contributed by atoms with Crippen LogP contribution in [-0.4, -0.2) is 41.2 Å². The van der Waals surface area contributed by atoms with E-state index >= 15 is 0 Å².